The van der Waals surface area contributed by atoms with E-state index in [-0.39, 0.29) is 10.8 Å². The molecule has 1 amide bonds. The van der Waals surface area contributed by atoms with Crippen LogP contribution < -0.4 is 9.64 Å². The maximum atomic E-state index is 13.0. The van der Waals surface area contributed by atoms with Crippen molar-refractivity contribution in [1.82, 2.24) is 0 Å². The third-order valence-electron chi connectivity index (χ3n) is 4.50. The molecule has 0 atom stereocenters. The number of aromatic carboxylic acids is 1. The van der Waals surface area contributed by atoms with E-state index in [1.165, 1.54) is 19.1 Å². The van der Waals surface area contributed by atoms with Crippen LogP contribution in [0.4, 0.5) is 5.69 Å². The maximum absolute atomic E-state index is 13.0. The second kappa shape index (κ2) is 6.51. The third-order valence-corrected chi connectivity index (χ3v) is 5.56. The van der Waals surface area contributed by atoms with Crippen LogP contribution in [0.5, 0.6) is 5.75 Å². The molecule has 1 aromatic heterocycles. The number of esters is 1. The number of hydrogen-bond donors (Lipinski definition) is 1. The molecule has 0 bridgehead atoms. The highest BCUT2D eigenvalue weighted by Crippen LogP contribution is 2.41. The lowest BCUT2D eigenvalue weighted by Crippen LogP contribution is -2.28. The topological polar surface area (TPSA) is 83.9 Å². The van der Waals surface area contributed by atoms with Gasteiger partial charge < -0.3 is 14.7 Å². The number of benzene rings is 2. The summed E-state index contributed by atoms with van der Waals surface area (Å²) in [6.45, 7) is 1.83. The number of carbonyl (C=O) groups excluding carboxylic acids is 2. The number of carbonyl (C=O) groups is 3. The standard InChI is InChI=1S/C20H15NO5S/c1-11(22)26-16-10-15-13(12-4-2-3-5-14(12)16)8-9-21(15)19(23)17-6-7-18(27-17)20(24)25/h2-7,10H,8-9H2,1H3,(H,24,25). The molecule has 4 rings (SSSR count). The Morgan fingerprint density at radius 2 is 1.78 bits per heavy atom. The van der Waals surface area contributed by atoms with Crippen molar-refractivity contribution in [3.05, 3.63) is 57.8 Å². The monoisotopic (exact) mass is 381 g/mol. The van der Waals surface area contributed by atoms with Crippen LogP contribution in [0.3, 0.4) is 0 Å². The smallest absolute Gasteiger partial charge is 0.345 e. The summed E-state index contributed by atoms with van der Waals surface area (Å²) < 4.78 is 5.37. The number of amides is 1. The lowest BCUT2D eigenvalue weighted by molar-refractivity contribution is -0.131. The van der Waals surface area contributed by atoms with Gasteiger partial charge in [0.25, 0.3) is 5.91 Å². The van der Waals surface area contributed by atoms with Crippen molar-refractivity contribution in [2.75, 3.05) is 11.4 Å². The number of hydrogen-bond acceptors (Lipinski definition) is 5. The predicted octanol–water partition coefficient (Wildman–Crippen LogP) is 3.73. The maximum Gasteiger partial charge on any atom is 0.345 e. The zero-order valence-corrected chi connectivity index (χ0v) is 15.2. The van der Waals surface area contributed by atoms with Crippen LogP contribution in [0.15, 0.2) is 42.5 Å². The van der Waals surface area contributed by atoms with Gasteiger partial charge in [0, 0.05) is 24.9 Å². The minimum atomic E-state index is -1.05. The van der Waals surface area contributed by atoms with Gasteiger partial charge in [0.15, 0.2) is 0 Å². The van der Waals surface area contributed by atoms with Gasteiger partial charge in [-0.15, -0.1) is 11.3 Å². The predicted molar refractivity (Wildman–Crippen MR) is 102 cm³/mol. The number of fused-ring (bicyclic) bond motifs is 3. The Morgan fingerprint density at radius 1 is 1.07 bits per heavy atom. The van der Waals surface area contributed by atoms with Crippen LogP contribution in [0, 0.1) is 0 Å². The Labute approximate surface area is 158 Å². The summed E-state index contributed by atoms with van der Waals surface area (Å²) in [5.74, 6) is -1.33. The van der Waals surface area contributed by atoms with Crippen molar-refractivity contribution in [3.63, 3.8) is 0 Å². The SMILES string of the molecule is CC(=O)Oc1cc2c(c3ccccc13)CCN2C(=O)c1ccc(C(=O)O)s1. The summed E-state index contributed by atoms with van der Waals surface area (Å²) in [7, 11) is 0. The van der Waals surface area contributed by atoms with E-state index in [4.69, 9.17) is 9.84 Å². The van der Waals surface area contributed by atoms with Gasteiger partial charge >= 0.3 is 11.9 Å². The van der Waals surface area contributed by atoms with Gasteiger partial charge in [0.05, 0.1) is 10.6 Å². The van der Waals surface area contributed by atoms with Crippen LogP contribution in [0.1, 0.15) is 31.8 Å². The van der Waals surface area contributed by atoms with Crippen molar-refractivity contribution in [2.45, 2.75) is 13.3 Å². The molecular formula is C20H15NO5S. The molecule has 136 valence electrons. The molecule has 2 heterocycles. The van der Waals surface area contributed by atoms with E-state index in [0.717, 1.165) is 27.7 Å². The van der Waals surface area contributed by atoms with E-state index >= 15 is 0 Å². The van der Waals surface area contributed by atoms with E-state index in [1.807, 2.05) is 24.3 Å². The quantitative estimate of drug-likeness (QED) is 0.552. The molecule has 0 saturated heterocycles. The summed E-state index contributed by atoms with van der Waals surface area (Å²) in [5.41, 5.74) is 1.71. The van der Waals surface area contributed by atoms with Gasteiger partial charge in [-0.1, -0.05) is 24.3 Å². The van der Waals surface area contributed by atoms with Gasteiger partial charge in [-0.25, -0.2) is 4.79 Å². The van der Waals surface area contributed by atoms with Crippen molar-refractivity contribution in [3.8, 4) is 5.75 Å². The fraction of sp³-hybridized carbons (Fsp3) is 0.150. The largest absolute Gasteiger partial charge is 0.477 e. The summed E-state index contributed by atoms with van der Waals surface area (Å²) in [6, 6.07) is 12.3. The van der Waals surface area contributed by atoms with Crippen LogP contribution in [0.25, 0.3) is 10.8 Å². The zero-order chi connectivity index (χ0) is 19.1. The number of ether oxygens (including phenoxy) is 1. The van der Waals surface area contributed by atoms with Crippen molar-refractivity contribution < 1.29 is 24.2 Å². The number of thiophene rings is 1. The average Bonchev–Trinajstić information content (AvgIpc) is 3.28. The van der Waals surface area contributed by atoms with E-state index in [9.17, 15) is 14.4 Å². The lowest BCUT2D eigenvalue weighted by atomic mass is 10.0. The van der Waals surface area contributed by atoms with Crippen molar-refractivity contribution in [2.24, 2.45) is 0 Å². The Hall–Kier alpha value is -3.19. The second-order valence-corrected chi connectivity index (χ2v) is 7.27. The molecule has 0 fully saturated rings. The van der Waals surface area contributed by atoms with Crippen LogP contribution in [-0.4, -0.2) is 29.5 Å². The van der Waals surface area contributed by atoms with Gasteiger partial charge in [0.2, 0.25) is 0 Å². The van der Waals surface area contributed by atoms with Crippen molar-refractivity contribution >= 4 is 45.6 Å². The Bertz CT molecular complexity index is 1100. The molecule has 0 unspecified atom stereocenters. The van der Waals surface area contributed by atoms with Gasteiger partial charge in [-0.3, -0.25) is 9.59 Å². The van der Waals surface area contributed by atoms with Crippen LogP contribution in [0.2, 0.25) is 0 Å². The third kappa shape index (κ3) is 2.96. The molecule has 0 spiro atoms. The summed E-state index contributed by atoms with van der Waals surface area (Å²) in [6.07, 6.45) is 0.680. The van der Waals surface area contributed by atoms with E-state index < -0.39 is 11.9 Å². The molecule has 0 saturated carbocycles. The van der Waals surface area contributed by atoms with Crippen molar-refractivity contribution in [1.29, 1.82) is 0 Å². The number of carboxylic acids is 1. The molecule has 1 aliphatic rings. The first-order valence-corrected chi connectivity index (χ1v) is 9.15. The first-order valence-electron chi connectivity index (χ1n) is 8.33. The molecule has 1 aliphatic heterocycles. The number of rotatable bonds is 3. The molecule has 0 aliphatic carbocycles. The Balaban J connectivity index is 1.80. The molecule has 0 radical (unpaired) electrons. The normalized spacial score (nSPS) is 12.9. The lowest BCUT2D eigenvalue weighted by Gasteiger charge is -2.18. The molecule has 6 nitrogen and oxygen atoms in total. The highest BCUT2D eigenvalue weighted by atomic mass is 32.1. The van der Waals surface area contributed by atoms with E-state index in [1.54, 1.807) is 11.0 Å². The van der Waals surface area contributed by atoms with Gasteiger partial charge in [0.1, 0.15) is 10.6 Å². The van der Waals surface area contributed by atoms with Gasteiger partial charge in [-0.2, -0.15) is 0 Å². The minimum Gasteiger partial charge on any atom is -0.477 e. The summed E-state index contributed by atoms with van der Waals surface area (Å²) >= 11 is 0.953. The van der Waals surface area contributed by atoms with Gasteiger partial charge in [-0.05, 0) is 29.5 Å². The number of anilines is 1. The molecule has 7 heteroatoms. The second-order valence-electron chi connectivity index (χ2n) is 6.19. The zero-order valence-electron chi connectivity index (χ0n) is 14.4. The van der Waals surface area contributed by atoms with Crippen LogP contribution >= 0.6 is 11.3 Å². The fourth-order valence-electron chi connectivity index (χ4n) is 3.39. The molecule has 3 aromatic rings. The van der Waals surface area contributed by atoms with E-state index in [2.05, 4.69) is 0 Å². The summed E-state index contributed by atoms with van der Waals surface area (Å²) in [5, 5.41) is 10.8. The molecule has 2 aromatic carbocycles. The fourth-order valence-corrected chi connectivity index (χ4v) is 4.18. The number of carboxylic acid groups (broad SMARTS) is 1. The molecular weight excluding hydrogens is 366 g/mol. The Kier molecular flexibility index (Phi) is 4.16. The first kappa shape index (κ1) is 17.2. The first-order chi connectivity index (χ1) is 13.0. The number of nitrogens with zero attached hydrogens (tertiary/aromatic N) is 1. The highest BCUT2D eigenvalue weighted by molar-refractivity contribution is 7.16. The molecule has 1 N–H and O–H groups in total. The highest BCUT2D eigenvalue weighted by Gasteiger charge is 2.29. The summed E-state index contributed by atoms with van der Waals surface area (Å²) in [4.78, 5) is 37.6. The van der Waals surface area contributed by atoms with E-state index in [0.29, 0.717) is 29.3 Å². The molecule has 27 heavy (non-hydrogen) atoms. The van der Waals surface area contributed by atoms with Crippen LogP contribution in [-0.2, 0) is 11.2 Å². The minimum absolute atomic E-state index is 0.122. The average molecular weight is 381 g/mol. The Morgan fingerprint density at radius 3 is 2.44 bits per heavy atom.